The van der Waals surface area contributed by atoms with Crippen molar-refractivity contribution < 1.29 is 9.59 Å². The van der Waals surface area contributed by atoms with Crippen LogP contribution in [0, 0.1) is 0 Å². The van der Waals surface area contributed by atoms with Gasteiger partial charge in [0.25, 0.3) is 0 Å². The van der Waals surface area contributed by atoms with Crippen molar-refractivity contribution in [2.45, 2.75) is 212 Å². The Balaban J connectivity index is 4.09. The maximum atomic E-state index is 13.1. The van der Waals surface area contributed by atoms with Gasteiger partial charge in [0, 0.05) is 19.5 Å². The third-order valence-electron chi connectivity index (χ3n) is 9.51. The molecule has 0 heterocycles. The largest absolute Gasteiger partial charge is 0.354 e. The predicted molar refractivity (Wildman–Crippen MR) is 209 cm³/mol. The molecule has 0 saturated heterocycles. The van der Waals surface area contributed by atoms with E-state index in [0.29, 0.717) is 25.9 Å². The van der Waals surface area contributed by atoms with E-state index in [2.05, 4.69) is 52.6 Å². The van der Waals surface area contributed by atoms with E-state index < -0.39 is 6.04 Å². The molecule has 5 N–H and O–H groups in total. The minimum Gasteiger partial charge on any atom is -0.354 e. The third-order valence-corrected chi connectivity index (χ3v) is 9.51. The normalized spacial score (nSPS) is 12.3. The molecule has 48 heavy (non-hydrogen) atoms. The summed E-state index contributed by atoms with van der Waals surface area (Å²) in [6.07, 6.45) is 40.4. The van der Waals surface area contributed by atoms with Gasteiger partial charge in [0.15, 0.2) is 0 Å². The zero-order valence-electron chi connectivity index (χ0n) is 32.5. The fourth-order valence-corrected chi connectivity index (χ4v) is 6.27. The molecule has 1 atom stereocenters. The Morgan fingerprint density at radius 2 is 0.938 bits per heavy atom. The van der Waals surface area contributed by atoms with Crippen molar-refractivity contribution in [2.75, 3.05) is 27.2 Å². The van der Waals surface area contributed by atoms with Gasteiger partial charge in [-0.25, -0.2) is 0 Å². The second-order valence-electron chi connectivity index (χ2n) is 14.1. The number of amides is 2. The fraction of sp³-hybridized carbons (Fsp3) is 0.902. The van der Waals surface area contributed by atoms with Crippen LogP contribution in [0.15, 0.2) is 12.2 Å². The monoisotopic (exact) mass is 678 g/mol. The Morgan fingerprint density at radius 1 is 0.521 bits per heavy atom. The number of carbonyl (C=O) groups is 2. The first-order valence-electron chi connectivity index (χ1n) is 20.9. The van der Waals surface area contributed by atoms with Crippen LogP contribution in [-0.4, -0.2) is 51.3 Å². The summed E-state index contributed by atoms with van der Waals surface area (Å²) in [7, 11) is 3.76. The van der Waals surface area contributed by atoms with Crippen LogP contribution in [0.3, 0.4) is 0 Å². The first-order valence-corrected chi connectivity index (χ1v) is 20.9. The van der Waals surface area contributed by atoms with Gasteiger partial charge in [0.2, 0.25) is 11.8 Å². The van der Waals surface area contributed by atoms with E-state index in [1.807, 2.05) is 14.1 Å². The Bertz CT molecular complexity index is 713. The van der Waals surface area contributed by atoms with E-state index in [1.165, 1.54) is 148 Å². The Morgan fingerprint density at radius 3 is 1.40 bits per heavy atom. The van der Waals surface area contributed by atoms with E-state index in [9.17, 15) is 9.59 Å². The van der Waals surface area contributed by atoms with Gasteiger partial charge in [-0.05, 0) is 59.0 Å². The Labute approximate surface area is 299 Å². The molecule has 284 valence electrons. The highest BCUT2D eigenvalue weighted by Crippen LogP contribution is 2.13. The van der Waals surface area contributed by atoms with Crippen LogP contribution in [0.5, 0.6) is 0 Å². The summed E-state index contributed by atoms with van der Waals surface area (Å²) in [5, 5.41) is 15.8. The lowest BCUT2D eigenvalue weighted by atomic mass is 10.0. The molecule has 0 bridgehead atoms. The minimum absolute atomic E-state index is 0.0111. The predicted octanol–water partition coefficient (Wildman–Crippen LogP) is 9.81. The van der Waals surface area contributed by atoms with Gasteiger partial charge in [-0.3, -0.25) is 25.5 Å². The van der Waals surface area contributed by atoms with Crippen molar-refractivity contribution in [3.63, 3.8) is 0 Å². The molecule has 0 aromatic heterocycles. The molecule has 1 unspecified atom stereocenters. The van der Waals surface area contributed by atoms with Gasteiger partial charge in [-0.2, -0.15) is 0 Å². The molecule has 0 saturated carbocycles. The van der Waals surface area contributed by atoms with E-state index >= 15 is 0 Å². The summed E-state index contributed by atoms with van der Waals surface area (Å²) in [5.74, 6) is -0.0714. The van der Waals surface area contributed by atoms with Crippen molar-refractivity contribution in [1.82, 2.24) is 26.6 Å². The molecule has 0 aliphatic rings. The molecule has 0 fully saturated rings. The van der Waals surface area contributed by atoms with Crippen molar-refractivity contribution >= 4 is 11.8 Å². The third kappa shape index (κ3) is 33.1. The second-order valence-corrected chi connectivity index (χ2v) is 14.1. The summed E-state index contributed by atoms with van der Waals surface area (Å²) < 4.78 is 0. The summed E-state index contributed by atoms with van der Waals surface area (Å²) in [6.45, 7) is 5.85. The van der Waals surface area contributed by atoms with Crippen LogP contribution < -0.4 is 26.6 Å². The Kier molecular flexibility index (Phi) is 37.2. The van der Waals surface area contributed by atoms with Gasteiger partial charge in [-0.15, -0.1) is 0 Å². The van der Waals surface area contributed by atoms with Gasteiger partial charge in [-0.1, -0.05) is 161 Å². The molecular weight excluding hydrogens is 594 g/mol. The smallest absolute Gasteiger partial charge is 0.242 e. The molecule has 0 aromatic carbocycles. The van der Waals surface area contributed by atoms with Gasteiger partial charge >= 0.3 is 0 Å². The van der Waals surface area contributed by atoms with Crippen molar-refractivity contribution in [3.8, 4) is 0 Å². The topological polar surface area (TPSA) is 94.3 Å². The van der Waals surface area contributed by atoms with E-state index in [-0.39, 0.29) is 18.1 Å². The highest BCUT2D eigenvalue weighted by molar-refractivity contribution is 5.87. The van der Waals surface area contributed by atoms with Crippen LogP contribution in [-0.2, 0) is 9.59 Å². The molecule has 7 heteroatoms. The van der Waals surface area contributed by atoms with Crippen molar-refractivity contribution in [3.05, 3.63) is 12.2 Å². The molecule has 0 radical (unpaired) electrons. The zero-order chi connectivity index (χ0) is 35.2. The van der Waals surface area contributed by atoms with Gasteiger partial charge in [0.05, 0.1) is 0 Å². The van der Waals surface area contributed by atoms with Crippen LogP contribution >= 0.6 is 0 Å². The fourth-order valence-electron chi connectivity index (χ4n) is 6.27. The van der Waals surface area contributed by atoms with Crippen LogP contribution in [0.25, 0.3) is 0 Å². The number of nitrogens with one attached hydrogen (secondary N) is 5. The first-order chi connectivity index (χ1) is 23.6. The lowest BCUT2D eigenvalue weighted by Crippen LogP contribution is -2.52. The quantitative estimate of drug-likeness (QED) is 0.0255. The number of hydrogen-bond donors (Lipinski definition) is 5. The molecular formula is C41H83N5O2. The van der Waals surface area contributed by atoms with E-state index in [1.54, 1.807) is 0 Å². The van der Waals surface area contributed by atoms with Crippen molar-refractivity contribution in [1.29, 1.82) is 0 Å². The van der Waals surface area contributed by atoms with Crippen LogP contribution in [0.1, 0.15) is 200 Å². The molecule has 0 spiro atoms. The number of rotatable bonds is 38. The minimum atomic E-state index is -0.505. The maximum absolute atomic E-state index is 13.1. The summed E-state index contributed by atoms with van der Waals surface area (Å²) >= 11 is 0. The lowest BCUT2D eigenvalue weighted by Gasteiger charge is -2.21. The average Bonchev–Trinajstić information content (AvgIpc) is 3.09. The molecule has 0 aliphatic heterocycles. The zero-order valence-corrected chi connectivity index (χ0v) is 32.5. The molecule has 0 aliphatic carbocycles. The summed E-state index contributed by atoms with van der Waals surface area (Å²) in [4.78, 5) is 25.8. The lowest BCUT2D eigenvalue weighted by molar-refractivity contribution is -0.129. The van der Waals surface area contributed by atoms with Gasteiger partial charge < -0.3 is 10.6 Å². The highest BCUT2D eigenvalue weighted by atomic mass is 16.2. The van der Waals surface area contributed by atoms with E-state index in [4.69, 9.17) is 0 Å². The average molecular weight is 678 g/mol. The first kappa shape index (κ1) is 46.6. The number of allylic oxidation sites excluding steroid dienone is 2. The molecule has 2 amide bonds. The standard InChI is InChI=1S/C41H83N5O2/c1-5-7-9-11-13-15-17-19-21-22-24-26-28-30-32-34-39(47)46-38(35-37-45-41(42-3)43-4)40(48)44-36-33-31-29-27-25-23-20-18-16-14-12-10-8-6-2/h19,21,38,41-43,45H,5-18,20,22-37H2,1-4H3,(H,44,48)(H,46,47). The molecule has 0 rings (SSSR count). The Hall–Kier alpha value is -1.44. The molecule has 7 nitrogen and oxygen atoms in total. The number of unbranched alkanes of at least 4 members (excludes halogenated alkanes) is 24. The highest BCUT2D eigenvalue weighted by Gasteiger charge is 2.20. The van der Waals surface area contributed by atoms with Crippen LogP contribution in [0.2, 0.25) is 0 Å². The van der Waals surface area contributed by atoms with E-state index in [0.717, 1.165) is 25.7 Å². The summed E-state index contributed by atoms with van der Waals surface area (Å²) in [5.41, 5.74) is 0. The van der Waals surface area contributed by atoms with Crippen LogP contribution in [0.4, 0.5) is 0 Å². The SMILES string of the molecule is CCCCCCCCC=CCCCCCCCC(=O)NC(CCNC(NC)NC)C(=O)NCCCCCCCCCCCCCCCC. The number of carbonyl (C=O) groups excluding carboxylic acids is 2. The van der Waals surface area contributed by atoms with Crippen molar-refractivity contribution in [2.24, 2.45) is 0 Å². The number of hydrogen-bond acceptors (Lipinski definition) is 5. The molecule has 0 aromatic rings. The maximum Gasteiger partial charge on any atom is 0.242 e. The van der Waals surface area contributed by atoms with Gasteiger partial charge in [0.1, 0.15) is 12.3 Å². The second kappa shape index (κ2) is 38.4. The summed E-state index contributed by atoms with van der Waals surface area (Å²) in [6, 6.07) is -0.505.